The van der Waals surface area contributed by atoms with Crippen molar-refractivity contribution in [3.8, 4) is 11.7 Å². The van der Waals surface area contributed by atoms with Crippen molar-refractivity contribution in [2.75, 3.05) is 0 Å². The molecule has 0 unspecified atom stereocenters. The van der Waals surface area contributed by atoms with Gasteiger partial charge in [0, 0.05) is 22.1 Å². The lowest BCUT2D eigenvalue weighted by Crippen LogP contribution is -1.99. The maximum atomic E-state index is 12.9. The Bertz CT molecular complexity index is 1230. The van der Waals surface area contributed by atoms with Crippen molar-refractivity contribution in [2.24, 2.45) is 0 Å². The van der Waals surface area contributed by atoms with Crippen molar-refractivity contribution in [1.29, 1.82) is 0 Å². The van der Waals surface area contributed by atoms with Crippen molar-refractivity contribution in [3.63, 3.8) is 0 Å². The molecular formula is C23H17NO4S. The average molecular weight is 403 g/mol. The third kappa shape index (κ3) is 2.79. The maximum absolute atomic E-state index is 12.9. The Balaban J connectivity index is 1.52. The lowest BCUT2D eigenvalue weighted by Gasteiger charge is -2.07. The first kappa shape index (κ1) is 17.8. The van der Waals surface area contributed by atoms with Gasteiger partial charge in [0.25, 0.3) is 5.89 Å². The maximum Gasteiger partial charge on any atom is 0.264 e. The summed E-state index contributed by atoms with van der Waals surface area (Å²) in [4.78, 5) is 31.7. The molecule has 1 aromatic carbocycles. The Morgan fingerprint density at radius 2 is 1.72 bits per heavy atom. The van der Waals surface area contributed by atoms with E-state index in [1.165, 1.54) is 11.3 Å². The molecule has 29 heavy (non-hydrogen) atoms. The number of hydrogen-bond acceptors (Lipinski definition) is 6. The highest BCUT2D eigenvalue weighted by molar-refractivity contribution is 7.19. The molecule has 3 heterocycles. The van der Waals surface area contributed by atoms with E-state index in [0.29, 0.717) is 33.2 Å². The van der Waals surface area contributed by atoms with Crippen molar-refractivity contribution < 1.29 is 18.4 Å². The Labute approximate surface area is 170 Å². The van der Waals surface area contributed by atoms with E-state index in [9.17, 15) is 9.59 Å². The molecule has 1 aliphatic carbocycles. The summed E-state index contributed by atoms with van der Waals surface area (Å²) in [5, 5.41) is 0. The number of oxazole rings is 1. The Hall–Kier alpha value is -3.25. The molecule has 5 nitrogen and oxygen atoms in total. The molecule has 4 aromatic rings. The molecule has 0 spiro atoms. The molecule has 3 aromatic heterocycles. The van der Waals surface area contributed by atoms with Gasteiger partial charge in [0.2, 0.25) is 0 Å². The third-order valence-electron chi connectivity index (χ3n) is 5.21. The molecule has 0 saturated heterocycles. The van der Waals surface area contributed by atoms with Crippen molar-refractivity contribution in [2.45, 2.75) is 26.7 Å². The first-order valence-electron chi connectivity index (χ1n) is 9.50. The number of nitrogens with zero attached hydrogens (tertiary/aromatic N) is 1. The van der Waals surface area contributed by atoms with Crippen LogP contribution in [0.1, 0.15) is 50.6 Å². The van der Waals surface area contributed by atoms with Gasteiger partial charge < -0.3 is 8.83 Å². The number of furan rings is 1. The van der Waals surface area contributed by atoms with Gasteiger partial charge in [-0.25, -0.2) is 0 Å². The van der Waals surface area contributed by atoms with Gasteiger partial charge >= 0.3 is 0 Å². The minimum absolute atomic E-state index is 0.200. The van der Waals surface area contributed by atoms with Crippen LogP contribution < -0.4 is 0 Å². The second-order valence-corrected chi connectivity index (χ2v) is 7.97. The van der Waals surface area contributed by atoms with Gasteiger partial charge in [0.15, 0.2) is 27.7 Å². The van der Waals surface area contributed by atoms with E-state index >= 15 is 0 Å². The Morgan fingerprint density at radius 1 is 1.03 bits per heavy atom. The first-order valence-corrected chi connectivity index (χ1v) is 10.3. The summed E-state index contributed by atoms with van der Waals surface area (Å²) in [6, 6.07) is 9.11. The second-order valence-electron chi connectivity index (χ2n) is 6.90. The Kier molecular flexibility index (Phi) is 4.10. The number of allylic oxidation sites excluding steroid dienone is 1. The van der Waals surface area contributed by atoms with Gasteiger partial charge in [-0.1, -0.05) is 13.8 Å². The van der Waals surface area contributed by atoms with Crippen LogP contribution in [0.5, 0.6) is 0 Å². The van der Waals surface area contributed by atoms with Crippen LogP contribution in [0, 0.1) is 0 Å². The number of aromatic nitrogens is 1. The van der Waals surface area contributed by atoms with Crippen LogP contribution in [-0.4, -0.2) is 16.6 Å². The predicted molar refractivity (Wildman–Crippen MR) is 111 cm³/mol. The fourth-order valence-corrected chi connectivity index (χ4v) is 4.62. The second kappa shape index (κ2) is 6.67. The fraction of sp³-hybridized carbons (Fsp3) is 0.174. The van der Waals surface area contributed by atoms with Crippen LogP contribution in [-0.2, 0) is 12.8 Å². The first-order chi connectivity index (χ1) is 14.1. The van der Waals surface area contributed by atoms with E-state index < -0.39 is 0 Å². The number of fused-ring (bicyclic) bond motifs is 2. The van der Waals surface area contributed by atoms with Crippen LogP contribution >= 0.6 is 11.3 Å². The Morgan fingerprint density at radius 3 is 2.28 bits per heavy atom. The van der Waals surface area contributed by atoms with Crippen LogP contribution in [0.2, 0.25) is 0 Å². The summed E-state index contributed by atoms with van der Waals surface area (Å²) in [6.45, 7) is 4.12. The monoisotopic (exact) mass is 403 g/mol. The number of carbonyl (C=O) groups excluding carboxylic acids is 2. The number of rotatable bonds is 4. The van der Waals surface area contributed by atoms with Gasteiger partial charge in [-0.05, 0) is 54.3 Å². The van der Waals surface area contributed by atoms with E-state index in [4.69, 9.17) is 8.83 Å². The zero-order valence-corrected chi connectivity index (χ0v) is 16.8. The molecule has 144 valence electrons. The third-order valence-corrected chi connectivity index (χ3v) is 6.16. The summed E-state index contributed by atoms with van der Waals surface area (Å²) < 4.78 is 11.0. The normalized spacial score (nSPS) is 13.5. The van der Waals surface area contributed by atoms with Gasteiger partial charge in [0.1, 0.15) is 0 Å². The molecule has 0 saturated carbocycles. The van der Waals surface area contributed by atoms with E-state index in [2.05, 4.69) is 18.8 Å². The number of aryl methyl sites for hydroxylation is 2. The molecule has 5 rings (SSSR count). The summed E-state index contributed by atoms with van der Waals surface area (Å²) in [7, 11) is 0. The molecule has 0 atom stereocenters. The topological polar surface area (TPSA) is 73.3 Å². The highest BCUT2D eigenvalue weighted by Crippen LogP contribution is 2.35. The van der Waals surface area contributed by atoms with E-state index in [1.54, 1.807) is 30.5 Å². The lowest BCUT2D eigenvalue weighted by molar-refractivity contribution is 0.0990. The smallest absolute Gasteiger partial charge is 0.264 e. The van der Waals surface area contributed by atoms with Gasteiger partial charge in [-0.2, -0.15) is 4.98 Å². The SMILES string of the molecule is CCc1cc2c(cc1CC)C(=O)C(=Cc1cc3oc(-c4ccco4)nc3s1)C2=O. The van der Waals surface area contributed by atoms with E-state index in [-0.39, 0.29) is 17.1 Å². The molecule has 1 aliphatic rings. The van der Waals surface area contributed by atoms with Crippen molar-refractivity contribution >= 4 is 39.4 Å². The van der Waals surface area contributed by atoms with Gasteiger partial charge in [0.05, 0.1) is 11.8 Å². The average Bonchev–Trinajstić information content (AvgIpc) is 3.48. The molecule has 0 radical (unpaired) electrons. The van der Waals surface area contributed by atoms with Gasteiger partial charge in [-0.15, -0.1) is 11.3 Å². The lowest BCUT2D eigenvalue weighted by atomic mass is 9.96. The highest BCUT2D eigenvalue weighted by atomic mass is 32.1. The number of benzene rings is 1. The zero-order chi connectivity index (χ0) is 20.1. The largest absolute Gasteiger partial charge is 0.459 e. The molecule has 6 heteroatoms. The van der Waals surface area contributed by atoms with Crippen LogP contribution in [0.25, 0.3) is 28.1 Å². The van der Waals surface area contributed by atoms with Gasteiger partial charge in [-0.3, -0.25) is 9.59 Å². The number of hydrogen-bond donors (Lipinski definition) is 0. The van der Waals surface area contributed by atoms with E-state index in [1.807, 2.05) is 12.1 Å². The number of carbonyl (C=O) groups is 2. The summed E-state index contributed by atoms with van der Waals surface area (Å²) in [6.07, 6.45) is 4.88. The fourth-order valence-electron chi connectivity index (χ4n) is 3.72. The standard InChI is InChI=1S/C23H17NO4S/c1-3-12-8-15-16(9-13(12)4-2)21(26)17(20(15)25)10-14-11-19-23(29-14)24-22(28-19)18-6-5-7-27-18/h5-11H,3-4H2,1-2H3. The summed E-state index contributed by atoms with van der Waals surface area (Å²) in [5.74, 6) is 0.548. The number of thiophene rings is 1. The molecular weight excluding hydrogens is 386 g/mol. The van der Waals surface area contributed by atoms with E-state index in [0.717, 1.165) is 28.8 Å². The minimum atomic E-state index is -0.211. The molecule has 0 amide bonds. The number of ketones is 2. The highest BCUT2D eigenvalue weighted by Gasteiger charge is 2.34. The predicted octanol–water partition coefficient (Wildman–Crippen LogP) is 5.74. The molecule has 0 aliphatic heterocycles. The minimum Gasteiger partial charge on any atom is -0.459 e. The molecule has 0 fully saturated rings. The van der Waals surface area contributed by atoms with Crippen LogP contribution in [0.15, 0.2) is 51.0 Å². The van der Waals surface area contributed by atoms with Crippen LogP contribution in [0.3, 0.4) is 0 Å². The number of Topliss-reactive ketones (excluding diaryl/α,β-unsaturated/α-hetero) is 2. The zero-order valence-electron chi connectivity index (χ0n) is 15.9. The summed E-state index contributed by atoms with van der Waals surface area (Å²) >= 11 is 1.37. The summed E-state index contributed by atoms with van der Waals surface area (Å²) in [5.41, 5.74) is 4.06. The molecule has 0 N–H and O–H groups in total. The van der Waals surface area contributed by atoms with Crippen molar-refractivity contribution in [1.82, 2.24) is 4.98 Å². The van der Waals surface area contributed by atoms with Crippen molar-refractivity contribution in [3.05, 3.63) is 69.3 Å². The quantitative estimate of drug-likeness (QED) is 0.321. The molecule has 0 bridgehead atoms. The van der Waals surface area contributed by atoms with Crippen LogP contribution in [0.4, 0.5) is 0 Å².